The molecule has 0 unspecified atom stereocenters. The summed E-state index contributed by atoms with van der Waals surface area (Å²) in [6.45, 7) is 2.70. The first kappa shape index (κ1) is 18.1. The van der Waals surface area contributed by atoms with Gasteiger partial charge in [0, 0.05) is 5.69 Å². The average molecular weight is 389 g/mol. The molecule has 3 heterocycles. The van der Waals surface area contributed by atoms with E-state index < -0.39 is 23.5 Å². The van der Waals surface area contributed by atoms with E-state index in [4.69, 9.17) is 9.47 Å². The maximum atomic E-state index is 13.4. The zero-order valence-electron chi connectivity index (χ0n) is 16.3. The molecule has 0 saturated carbocycles. The quantitative estimate of drug-likeness (QED) is 0.582. The highest BCUT2D eigenvalue weighted by atomic mass is 16.6. The van der Waals surface area contributed by atoms with Crippen molar-refractivity contribution in [2.75, 3.05) is 11.4 Å². The predicted molar refractivity (Wildman–Crippen MR) is 108 cm³/mol. The molecule has 5 heteroatoms. The summed E-state index contributed by atoms with van der Waals surface area (Å²) in [6, 6.07) is 17.5. The number of benzene rings is 2. The van der Waals surface area contributed by atoms with Gasteiger partial charge in [-0.15, -0.1) is 0 Å². The standard InChI is InChI=1S/C24H23NO4/c1-2-17-10-6-7-11-18(17)25-15-24-13-12-19(29-24)20(21(24)22(25)26)23(27)28-14-16-8-4-3-5-9-16/h3-13,19-21H,2,14-15H2,1H3/t19-,20-,21+,24+/m0/s1. The van der Waals surface area contributed by atoms with Crippen LogP contribution in [-0.2, 0) is 32.1 Å². The minimum Gasteiger partial charge on any atom is -0.460 e. The Hall–Kier alpha value is -2.92. The third kappa shape index (κ3) is 2.80. The minimum atomic E-state index is -0.737. The van der Waals surface area contributed by atoms with E-state index >= 15 is 0 Å². The van der Waals surface area contributed by atoms with Crippen molar-refractivity contribution in [2.45, 2.75) is 31.7 Å². The number of para-hydroxylation sites is 1. The number of amides is 1. The second kappa shape index (κ2) is 6.85. The average Bonchev–Trinajstić information content (AvgIpc) is 3.41. The highest BCUT2D eigenvalue weighted by molar-refractivity contribution is 6.03. The van der Waals surface area contributed by atoms with Crippen LogP contribution < -0.4 is 4.90 Å². The number of nitrogens with zero attached hydrogens (tertiary/aromatic N) is 1. The third-order valence-corrected chi connectivity index (χ3v) is 6.26. The van der Waals surface area contributed by atoms with Crippen molar-refractivity contribution in [3.63, 3.8) is 0 Å². The highest BCUT2D eigenvalue weighted by Crippen LogP contribution is 2.53. The van der Waals surface area contributed by atoms with Gasteiger partial charge in [0.05, 0.1) is 18.6 Å². The molecule has 148 valence electrons. The summed E-state index contributed by atoms with van der Waals surface area (Å²) in [5.74, 6) is -1.56. The summed E-state index contributed by atoms with van der Waals surface area (Å²) >= 11 is 0. The molecule has 0 aromatic heterocycles. The van der Waals surface area contributed by atoms with Gasteiger partial charge in [-0.3, -0.25) is 9.59 Å². The Morgan fingerprint density at radius 3 is 2.72 bits per heavy atom. The minimum absolute atomic E-state index is 0.0561. The molecule has 5 nitrogen and oxygen atoms in total. The molecule has 5 rings (SSSR count). The van der Waals surface area contributed by atoms with Crippen LogP contribution in [0.4, 0.5) is 5.69 Å². The molecule has 0 radical (unpaired) electrons. The van der Waals surface area contributed by atoms with Gasteiger partial charge >= 0.3 is 5.97 Å². The number of carbonyl (C=O) groups is 2. The first-order valence-corrected chi connectivity index (χ1v) is 10.1. The van der Waals surface area contributed by atoms with Crippen LogP contribution in [0, 0.1) is 11.8 Å². The number of fused-ring (bicyclic) bond motifs is 1. The van der Waals surface area contributed by atoms with E-state index in [0.717, 1.165) is 23.2 Å². The van der Waals surface area contributed by atoms with Gasteiger partial charge in [-0.1, -0.05) is 67.6 Å². The Morgan fingerprint density at radius 1 is 1.17 bits per heavy atom. The summed E-state index contributed by atoms with van der Waals surface area (Å²) < 4.78 is 11.8. The van der Waals surface area contributed by atoms with E-state index in [1.807, 2.05) is 66.7 Å². The molecular weight excluding hydrogens is 366 g/mol. The van der Waals surface area contributed by atoms with E-state index in [2.05, 4.69) is 6.92 Å². The van der Waals surface area contributed by atoms with Crippen molar-refractivity contribution < 1.29 is 19.1 Å². The lowest BCUT2D eigenvalue weighted by Crippen LogP contribution is -2.40. The van der Waals surface area contributed by atoms with Gasteiger partial charge in [-0.25, -0.2) is 0 Å². The van der Waals surface area contributed by atoms with E-state index in [1.165, 1.54) is 0 Å². The van der Waals surface area contributed by atoms with Crippen LogP contribution in [-0.4, -0.2) is 30.1 Å². The lowest BCUT2D eigenvalue weighted by Gasteiger charge is -2.23. The van der Waals surface area contributed by atoms with Crippen molar-refractivity contribution in [1.29, 1.82) is 0 Å². The Morgan fingerprint density at radius 2 is 1.93 bits per heavy atom. The van der Waals surface area contributed by atoms with Crippen LogP contribution in [0.5, 0.6) is 0 Å². The molecule has 2 bridgehead atoms. The number of hydrogen-bond donors (Lipinski definition) is 0. The third-order valence-electron chi connectivity index (χ3n) is 6.26. The number of esters is 1. The van der Waals surface area contributed by atoms with Gasteiger partial charge < -0.3 is 14.4 Å². The molecule has 3 aliphatic heterocycles. The lowest BCUT2D eigenvalue weighted by molar-refractivity contribution is -0.153. The second-order valence-electron chi connectivity index (χ2n) is 7.90. The fraction of sp³-hybridized carbons (Fsp3) is 0.333. The number of aryl methyl sites for hydroxylation is 1. The molecule has 2 aromatic rings. The molecule has 0 aliphatic carbocycles. The zero-order chi connectivity index (χ0) is 20.0. The fourth-order valence-electron chi connectivity index (χ4n) is 4.87. The van der Waals surface area contributed by atoms with Crippen LogP contribution in [0.3, 0.4) is 0 Å². The second-order valence-corrected chi connectivity index (χ2v) is 7.90. The van der Waals surface area contributed by atoms with Gasteiger partial charge in [0.25, 0.3) is 0 Å². The Kier molecular flexibility index (Phi) is 4.28. The van der Waals surface area contributed by atoms with Gasteiger partial charge in [-0.2, -0.15) is 0 Å². The molecule has 3 aliphatic rings. The Labute approximate surface area is 169 Å². The van der Waals surface area contributed by atoms with Gasteiger partial charge in [0.15, 0.2) is 0 Å². The van der Waals surface area contributed by atoms with E-state index in [-0.39, 0.29) is 18.5 Å². The summed E-state index contributed by atoms with van der Waals surface area (Å²) in [5.41, 5.74) is 2.20. The molecule has 2 saturated heterocycles. The van der Waals surface area contributed by atoms with E-state index in [1.54, 1.807) is 4.90 Å². The van der Waals surface area contributed by atoms with Crippen LogP contribution in [0.1, 0.15) is 18.1 Å². The molecular formula is C24H23NO4. The molecule has 0 N–H and O–H groups in total. The SMILES string of the molecule is CCc1ccccc1N1C[C@@]23C=C[C@H](O2)[C@H](C(=O)OCc2ccccc2)[C@@H]3C1=O. The number of carbonyl (C=O) groups excluding carboxylic acids is 2. The molecule has 1 amide bonds. The van der Waals surface area contributed by atoms with E-state index in [9.17, 15) is 9.59 Å². The number of anilines is 1. The molecule has 1 spiro atoms. The summed E-state index contributed by atoms with van der Waals surface area (Å²) in [6.07, 6.45) is 4.32. The van der Waals surface area contributed by atoms with Crippen molar-refractivity contribution in [3.8, 4) is 0 Å². The maximum Gasteiger partial charge on any atom is 0.313 e. The van der Waals surface area contributed by atoms with Gasteiger partial charge in [0.2, 0.25) is 5.91 Å². The van der Waals surface area contributed by atoms with Crippen molar-refractivity contribution in [1.82, 2.24) is 0 Å². The maximum absolute atomic E-state index is 13.4. The monoisotopic (exact) mass is 389 g/mol. The van der Waals surface area contributed by atoms with E-state index in [0.29, 0.717) is 6.54 Å². The summed E-state index contributed by atoms with van der Waals surface area (Å²) in [7, 11) is 0. The molecule has 2 aromatic carbocycles. The van der Waals surface area contributed by atoms with Crippen LogP contribution in [0.15, 0.2) is 66.7 Å². The number of ether oxygens (including phenoxy) is 2. The number of rotatable bonds is 5. The zero-order valence-corrected chi connectivity index (χ0v) is 16.3. The van der Waals surface area contributed by atoms with Crippen molar-refractivity contribution in [2.24, 2.45) is 11.8 Å². The smallest absolute Gasteiger partial charge is 0.313 e. The van der Waals surface area contributed by atoms with Crippen molar-refractivity contribution in [3.05, 3.63) is 77.9 Å². The number of hydrogen-bond acceptors (Lipinski definition) is 4. The topological polar surface area (TPSA) is 55.8 Å². The van der Waals surface area contributed by atoms with Crippen LogP contribution >= 0.6 is 0 Å². The van der Waals surface area contributed by atoms with Crippen LogP contribution in [0.25, 0.3) is 0 Å². The predicted octanol–water partition coefficient (Wildman–Crippen LogP) is 3.28. The summed E-state index contributed by atoms with van der Waals surface area (Å²) in [4.78, 5) is 28.2. The molecule has 4 atom stereocenters. The van der Waals surface area contributed by atoms with Crippen LogP contribution in [0.2, 0.25) is 0 Å². The highest BCUT2D eigenvalue weighted by Gasteiger charge is 2.67. The normalized spacial score (nSPS) is 29.3. The molecule has 2 fully saturated rings. The first-order chi connectivity index (χ1) is 14.1. The summed E-state index contributed by atoms with van der Waals surface area (Å²) in [5, 5.41) is 0. The Bertz CT molecular complexity index is 985. The largest absolute Gasteiger partial charge is 0.460 e. The van der Waals surface area contributed by atoms with Gasteiger partial charge in [0.1, 0.15) is 18.1 Å². The fourth-order valence-corrected chi connectivity index (χ4v) is 4.87. The first-order valence-electron chi connectivity index (χ1n) is 10.1. The van der Waals surface area contributed by atoms with Gasteiger partial charge in [-0.05, 0) is 23.6 Å². The molecule has 29 heavy (non-hydrogen) atoms. The van der Waals surface area contributed by atoms with Crippen molar-refractivity contribution >= 4 is 17.6 Å². The lowest BCUT2D eigenvalue weighted by atomic mass is 9.77. The Balaban J connectivity index is 1.40.